The Morgan fingerprint density at radius 1 is 1.27 bits per heavy atom. The van der Waals surface area contributed by atoms with Gasteiger partial charge in [-0.05, 0) is 50.2 Å². The molecule has 26 heavy (non-hydrogen) atoms. The summed E-state index contributed by atoms with van der Waals surface area (Å²) in [6.45, 7) is 8.06. The first-order valence-electron chi connectivity index (χ1n) is 8.38. The zero-order valence-corrected chi connectivity index (χ0v) is 15.5. The minimum atomic E-state index is -0.350. The molecule has 0 saturated heterocycles. The third-order valence-corrected chi connectivity index (χ3v) is 4.32. The number of fused-ring (bicyclic) bond motifs is 1. The second-order valence-corrected chi connectivity index (χ2v) is 6.21. The maximum Gasteiger partial charge on any atom is 0.340 e. The molecular formula is C21H20ClNO3. The van der Waals surface area contributed by atoms with Gasteiger partial charge in [-0.1, -0.05) is 30.3 Å². The van der Waals surface area contributed by atoms with Gasteiger partial charge in [0.05, 0.1) is 17.7 Å². The van der Waals surface area contributed by atoms with Gasteiger partial charge in [-0.15, -0.1) is 0 Å². The zero-order chi connectivity index (χ0) is 18.7. The minimum Gasteiger partial charge on any atom is -0.490 e. The number of aromatic nitrogens is 1. The quantitative estimate of drug-likeness (QED) is 0.435. The molecule has 0 radical (unpaired) electrons. The highest BCUT2D eigenvalue weighted by molar-refractivity contribution is 6.30. The van der Waals surface area contributed by atoms with Gasteiger partial charge in [0.1, 0.15) is 12.4 Å². The van der Waals surface area contributed by atoms with Gasteiger partial charge in [-0.2, -0.15) is 0 Å². The molecule has 0 fully saturated rings. The van der Waals surface area contributed by atoms with E-state index in [1.165, 1.54) is 0 Å². The van der Waals surface area contributed by atoms with Gasteiger partial charge in [0, 0.05) is 21.8 Å². The van der Waals surface area contributed by atoms with Crippen LogP contribution in [0.25, 0.3) is 16.6 Å². The summed E-state index contributed by atoms with van der Waals surface area (Å²) in [7, 11) is 0. The second kappa shape index (κ2) is 7.67. The molecule has 0 saturated carbocycles. The van der Waals surface area contributed by atoms with E-state index in [-0.39, 0.29) is 5.97 Å². The number of carbonyl (C=O) groups is 1. The number of hydrogen-bond donors (Lipinski definition) is 0. The first-order valence-corrected chi connectivity index (χ1v) is 8.76. The molecule has 4 nitrogen and oxygen atoms in total. The summed E-state index contributed by atoms with van der Waals surface area (Å²) in [4.78, 5) is 12.6. The van der Waals surface area contributed by atoms with Crippen molar-refractivity contribution < 1.29 is 14.3 Å². The Morgan fingerprint density at radius 3 is 2.77 bits per heavy atom. The first-order chi connectivity index (χ1) is 12.6. The highest BCUT2D eigenvalue weighted by Gasteiger charge is 2.22. The first kappa shape index (κ1) is 18.1. The van der Waals surface area contributed by atoms with Crippen LogP contribution in [0.4, 0.5) is 0 Å². The highest BCUT2D eigenvalue weighted by Crippen LogP contribution is 2.33. The van der Waals surface area contributed by atoms with Crippen LogP contribution in [0.1, 0.15) is 23.0 Å². The van der Waals surface area contributed by atoms with Crippen molar-refractivity contribution in [2.75, 3.05) is 13.2 Å². The molecule has 0 aliphatic heterocycles. The van der Waals surface area contributed by atoms with Crippen LogP contribution in [0.15, 0.2) is 55.1 Å². The molecule has 3 rings (SSSR count). The lowest BCUT2D eigenvalue weighted by Gasteiger charge is -2.09. The van der Waals surface area contributed by atoms with Crippen LogP contribution in [0.5, 0.6) is 5.75 Å². The van der Waals surface area contributed by atoms with Gasteiger partial charge in [0.15, 0.2) is 0 Å². The summed E-state index contributed by atoms with van der Waals surface area (Å²) in [5.74, 6) is 0.322. The number of esters is 1. The molecule has 5 heteroatoms. The molecule has 0 unspecified atom stereocenters. The highest BCUT2D eigenvalue weighted by atomic mass is 35.5. The van der Waals surface area contributed by atoms with E-state index in [1.807, 2.05) is 54.0 Å². The molecule has 0 bridgehead atoms. The number of ether oxygens (including phenoxy) is 2. The molecular weight excluding hydrogens is 350 g/mol. The van der Waals surface area contributed by atoms with E-state index < -0.39 is 0 Å². The fourth-order valence-electron chi connectivity index (χ4n) is 3.05. The Balaban J connectivity index is 2.26. The van der Waals surface area contributed by atoms with Crippen molar-refractivity contribution in [2.45, 2.75) is 13.8 Å². The van der Waals surface area contributed by atoms with E-state index >= 15 is 0 Å². The lowest BCUT2D eigenvalue weighted by molar-refractivity contribution is 0.0527. The molecule has 0 amide bonds. The van der Waals surface area contributed by atoms with Gasteiger partial charge >= 0.3 is 5.97 Å². The van der Waals surface area contributed by atoms with Gasteiger partial charge in [-0.3, -0.25) is 0 Å². The van der Waals surface area contributed by atoms with Crippen molar-refractivity contribution in [2.24, 2.45) is 0 Å². The number of nitrogens with zero attached hydrogens (tertiary/aromatic N) is 1. The fraction of sp³-hybridized carbons (Fsp3) is 0.190. The third-order valence-electron chi connectivity index (χ3n) is 4.09. The standard InChI is InChI=1S/C21H20ClNO3/c1-4-11-26-17-9-10-19-18(13-17)20(21(24)25-5-2)14(3)23(19)16-8-6-7-15(22)12-16/h4,6-10,12-13H,1,5,11H2,2-3H3. The van der Waals surface area contributed by atoms with Crippen LogP contribution in [0.2, 0.25) is 5.02 Å². The number of rotatable bonds is 6. The lowest BCUT2D eigenvalue weighted by Crippen LogP contribution is -2.07. The van der Waals surface area contributed by atoms with Crippen molar-refractivity contribution in [1.82, 2.24) is 4.57 Å². The molecule has 1 aromatic heterocycles. The van der Waals surface area contributed by atoms with E-state index in [9.17, 15) is 4.79 Å². The molecule has 0 aliphatic carbocycles. The van der Waals surface area contributed by atoms with E-state index in [2.05, 4.69) is 6.58 Å². The lowest BCUT2D eigenvalue weighted by atomic mass is 10.1. The van der Waals surface area contributed by atoms with Crippen LogP contribution >= 0.6 is 11.6 Å². The normalized spacial score (nSPS) is 10.7. The fourth-order valence-corrected chi connectivity index (χ4v) is 3.24. The van der Waals surface area contributed by atoms with Gasteiger partial charge in [0.25, 0.3) is 0 Å². The number of benzene rings is 2. The van der Waals surface area contributed by atoms with Crippen LogP contribution in [0, 0.1) is 6.92 Å². The summed E-state index contributed by atoms with van der Waals surface area (Å²) in [5, 5.41) is 1.41. The van der Waals surface area contributed by atoms with E-state index in [0.717, 1.165) is 22.3 Å². The van der Waals surface area contributed by atoms with Crippen molar-refractivity contribution in [3.63, 3.8) is 0 Å². The maximum atomic E-state index is 12.6. The molecule has 2 aromatic carbocycles. The number of carbonyl (C=O) groups excluding carboxylic acids is 1. The molecule has 0 atom stereocenters. The summed E-state index contributed by atoms with van der Waals surface area (Å²) in [5.41, 5.74) is 3.10. The smallest absolute Gasteiger partial charge is 0.340 e. The average molecular weight is 370 g/mol. The van der Waals surface area contributed by atoms with E-state index in [4.69, 9.17) is 21.1 Å². The molecule has 0 spiro atoms. The predicted molar refractivity (Wildman–Crippen MR) is 105 cm³/mol. The maximum absolute atomic E-state index is 12.6. The SMILES string of the molecule is C=CCOc1ccc2c(c1)c(C(=O)OCC)c(C)n2-c1cccc(Cl)c1. The molecule has 0 aliphatic rings. The third kappa shape index (κ3) is 3.33. The summed E-state index contributed by atoms with van der Waals surface area (Å²) >= 11 is 6.17. The summed E-state index contributed by atoms with van der Waals surface area (Å²) < 4.78 is 12.9. The van der Waals surface area contributed by atoms with Gasteiger partial charge in [0.2, 0.25) is 0 Å². The van der Waals surface area contributed by atoms with Crippen LogP contribution < -0.4 is 4.74 Å². The van der Waals surface area contributed by atoms with Crippen molar-refractivity contribution in [1.29, 1.82) is 0 Å². The van der Waals surface area contributed by atoms with E-state index in [1.54, 1.807) is 13.0 Å². The Bertz CT molecular complexity index is 975. The monoisotopic (exact) mass is 369 g/mol. The second-order valence-electron chi connectivity index (χ2n) is 5.77. The van der Waals surface area contributed by atoms with Crippen LogP contribution in [-0.4, -0.2) is 23.8 Å². The van der Waals surface area contributed by atoms with Crippen molar-refractivity contribution >= 4 is 28.5 Å². The largest absolute Gasteiger partial charge is 0.490 e. The molecule has 1 heterocycles. The molecule has 0 N–H and O–H groups in total. The Hall–Kier alpha value is -2.72. The Morgan fingerprint density at radius 2 is 2.08 bits per heavy atom. The van der Waals surface area contributed by atoms with Crippen molar-refractivity contribution in [3.8, 4) is 11.4 Å². The summed E-state index contributed by atoms with van der Waals surface area (Å²) in [6, 6.07) is 13.2. The van der Waals surface area contributed by atoms with Gasteiger partial charge in [-0.25, -0.2) is 4.79 Å². The summed E-state index contributed by atoms with van der Waals surface area (Å²) in [6.07, 6.45) is 1.68. The zero-order valence-electron chi connectivity index (χ0n) is 14.8. The van der Waals surface area contributed by atoms with E-state index in [0.29, 0.717) is 29.5 Å². The Kier molecular flexibility index (Phi) is 5.33. The Labute approximate surface area is 157 Å². The van der Waals surface area contributed by atoms with Crippen molar-refractivity contribution in [3.05, 3.63) is 71.4 Å². The van der Waals surface area contributed by atoms with Crippen LogP contribution in [-0.2, 0) is 4.74 Å². The number of halogens is 1. The predicted octanol–water partition coefficient (Wildman–Crippen LogP) is 5.33. The number of hydrogen-bond acceptors (Lipinski definition) is 3. The average Bonchev–Trinajstić information content (AvgIpc) is 2.91. The molecule has 3 aromatic rings. The van der Waals surface area contributed by atoms with Gasteiger partial charge < -0.3 is 14.0 Å². The van der Waals surface area contributed by atoms with Crippen LogP contribution in [0.3, 0.4) is 0 Å². The minimum absolute atomic E-state index is 0.314. The molecule has 134 valence electrons. The topological polar surface area (TPSA) is 40.5 Å².